The van der Waals surface area contributed by atoms with Gasteiger partial charge in [0.05, 0.1) is 4.92 Å². The number of H-pyrrole nitrogens is 1. The van der Waals surface area contributed by atoms with Crippen molar-refractivity contribution in [3.63, 3.8) is 0 Å². The summed E-state index contributed by atoms with van der Waals surface area (Å²) < 4.78 is 0. The van der Waals surface area contributed by atoms with Crippen molar-refractivity contribution in [2.24, 2.45) is 5.73 Å². The number of rotatable bonds is 4. The largest absolute Gasteiger partial charge is 0.330 e. The highest BCUT2D eigenvalue weighted by Gasteiger charge is 2.09. The van der Waals surface area contributed by atoms with Crippen molar-refractivity contribution in [3.8, 4) is 11.4 Å². The summed E-state index contributed by atoms with van der Waals surface area (Å²) in [6, 6.07) is 7.31. The lowest BCUT2D eigenvalue weighted by Crippen LogP contribution is -2.13. The van der Waals surface area contributed by atoms with Gasteiger partial charge in [-0.3, -0.25) is 14.9 Å². The van der Waals surface area contributed by atoms with Crippen molar-refractivity contribution in [2.45, 2.75) is 6.42 Å². The molecule has 19 heavy (non-hydrogen) atoms. The molecule has 0 radical (unpaired) electrons. The summed E-state index contributed by atoms with van der Waals surface area (Å²) in [6.07, 6.45) is 0.478. The lowest BCUT2D eigenvalue weighted by Gasteiger charge is -2.03. The summed E-state index contributed by atoms with van der Waals surface area (Å²) in [4.78, 5) is 28.5. The minimum absolute atomic E-state index is 0.0515. The van der Waals surface area contributed by atoms with Crippen molar-refractivity contribution < 1.29 is 4.92 Å². The molecule has 3 N–H and O–H groups in total. The van der Waals surface area contributed by atoms with E-state index in [4.69, 9.17) is 5.73 Å². The van der Waals surface area contributed by atoms with Crippen LogP contribution in [0.2, 0.25) is 0 Å². The van der Waals surface area contributed by atoms with Crippen LogP contribution in [0.4, 0.5) is 5.69 Å². The summed E-state index contributed by atoms with van der Waals surface area (Å²) in [5, 5.41) is 10.7. The standard InChI is InChI=1S/C12H12N4O3/c13-5-4-9-7-11(17)15-12(14-9)8-2-1-3-10(6-8)16(18)19/h1-3,6-7H,4-5,13H2,(H,14,15,17). The van der Waals surface area contributed by atoms with E-state index in [9.17, 15) is 14.9 Å². The number of non-ortho nitro benzene ring substituents is 1. The van der Waals surface area contributed by atoms with Crippen LogP contribution >= 0.6 is 0 Å². The number of hydrogen-bond donors (Lipinski definition) is 2. The minimum atomic E-state index is -0.495. The lowest BCUT2D eigenvalue weighted by atomic mass is 10.2. The molecule has 1 aromatic heterocycles. The Kier molecular flexibility index (Phi) is 3.67. The van der Waals surface area contributed by atoms with Crippen LogP contribution in [0.1, 0.15) is 5.69 Å². The predicted octanol–water partition coefficient (Wildman–Crippen LogP) is 0.846. The molecule has 0 amide bonds. The average Bonchev–Trinajstić information content (AvgIpc) is 2.38. The molecular formula is C12H12N4O3. The zero-order valence-electron chi connectivity index (χ0n) is 10.00. The normalized spacial score (nSPS) is 10.4. The van der Waals surface area contributed by atoms with E-state index in [1.165, 1.54) is 18.2 Å². The third kappa shape index (κ3) is 3.02. The molecule has 98 valence electrons. The Morgan fingerprint density at radius 3 is 2.84 bits per heavy atom. The van der Waals surface area contributed by atoms with Crippen LogP contribution in [0.15, 0.2) is 35.1 Å². The van der Waals surface area contributed by atoms with Gasteiger partial charge in [0.15, 0.2) is 0 Å². The highest BCUT2D eigenvalue weighted by atomic mass is 16.6. The van der Waals surface area contributed by atoms with E-state index in [-0.39, 0.29) is 11.2 Å². The molecule has 0 bridgehead atoms. The lowest BCUT2D eigenvalue weighted by molar-refractivity contribution is -0.384. The molecular weight excluding hydrogens is 248 g/mol. The molecule has 2 aromatic rings. The Hall–Kier alpha value is -2.54. The van der Waals surface area contributed by atoms with E-state index in [2.05, 4.69) is 9.97 Å². The van der Waals surface area contributed by atoms with Crippen molar-refractivity contribution in [1.82, 2.24) is 9.97 Å². The Morgan fingerprint density at radius 1 is 1.37 bits per heavy atom. The minimum Gasteiger partial charge on any atom is -0.330 e. The van der Waals surface area contributed by atoms with E-state index in [1.807, 2.05) is 0 Å². The van der Waals surface area contributed by atoms with Gasteiger partial charge in [-0.05, 0) is 6.54 Å². The molecule has 0 aliphatic heterocycles. The first-order chi connectivity index (χ1) is 9.10. The fourth-order valence-electron chi connectivity index (χ4n) is 1.69. The zero-order chi connectivity index (χ0) is 13.8. The van der Waals surface area contributed by atoms with E-state index in [1.54, 1.807) is 12.1 Å². The summed E-state index contributed by atoms with van der Waals surface area (Å²) >= 11 is 0. The third-order valence-corrected chi connectivity index (χ3v) is 2.53. The van der Waals surface area contributed by atoms with Gasteiger partial charge in [-0.15, -0.1) is 0 Å². The van der Waals surface area contributed by atoms with Crippen molar-refractivity contribution >= 4 is 5.69 Å². The maximum absolute atomic E-state index is 11.5. The molecule has 7 heteroatoms. The van der Waals surface area contributed by atoms with Crippen LogP contribution in [0.5, 0.6) is 0 Å². The van der Waals surface area contributed by atoms with Crippen molar-refractivity contribution in [3.05, 3.63) is 56.5 Å². The molecule has 0 fully saturated rings. The van der Waals surface area contributed by atoms with Crippen LogP contribution in [0.3, 0.4) is 0 Å². The van der Waals surface area contributed by atoms with Crippen LogP contribution in [-0.4, -0.2) is 21.4 Å². The predicted molar refractivity (Wildman–Crippen MR) is 69.7 cm³/mol. The summed E-state index contributed by atoms with van der Waals surface area (Å²) in [5.74, 6) is 0.305. The third-order valence-electron chi connectivity index (χ3n) is 2.53. The number of nitrogens with two attached hydrogens (primary N) is 1. The Bertz CT molecular complexity index is 666. The number of aromatic amines is 1. The maximum atomic E-state index is 11.5. The van der Waals surface area contributed by atoms with E-state index >= 15 is 0 Å². The van der Waals surface area contributed by atoms with Gasteiger partial charge in [0.25, 0.3) is 11.2 Å². The quantitative estimate of drug-likeness (QED) is 0.624. The van der Waals surface area contributed by atoms with Gasteiger partial charge in [-0.25, -0.2) is 4.98 Å². The molecule has 7 nitrogen and oxygen atoms in total. The molecule has 2 rings (SSSR count). The van der Waals surface area contributed by atoms with Gasteiger partial charge in [0, 0.05) is 35.9 Å². The maximum Gasteiger partial charge on any atom is 0.270 e. The second-order valence-electron chi connectivity index (χ2n) is 3.93. The number of aromatic nitrogens is 2. The molecule has 0 atom stereocenters. The molecule has 0 unspecified atom stereocenters. The topological polar surface area (TPSA) is 115 Å². The fourth-order valence-corrected chi connectivity index (χ4v) is 1.69. The highest BCUT2D eigenvalue weighted by molar-refractivity contribution is 5.58. The van der Waals surface area contributed by atoms with Gasteiger partial charge in [-0.1, -0.05) is 12.1 Å². The van der Waals surface area contributed by atoms with Crippen LogP contribution in [-0.2, 0) is 6.42 Å². The SMILES string of the molecule is NCCc1cc(=O)[nH]c(-c2cccc([N+](=O)[O-])c2)n1. The smallest absolute Gasteiger partial charge is 0.270 e. The molecule has 0 saturated carbocycles. The Morgan fingerprint density at radius 2 is 2.16 bits per heavy atom. The first kappa shape index (κ1) is 12.9. The highest BCUT2D eigenvalue weighted by Crippen LogP contribution is 2.20. The second kappa shape index (κ2) is 5.40. The first-order valence-corrected chi connectivity index (χ1v) is 5.65. The summed E-state index contributed by atoms with van der Waals surface area (Å²) in [7, 11) is 0. The molecule has 0 saturated heterocycles. The molecule has 0 aliphatic rings. The first-order valence-electron chi connectivity index (χ1n) is 5.65. The number of nitro groups is 1. The number of nitrogens with zero attached hydrogens (tertiary/aromatic N) is 2. The van der Waals surface area contributed by atoms with Crippen LogP contribution in [0.25, 0.3) is 11.4 Å². The summed E-state index contributed by atoms with van der Waals surface area (Å²) in [5.41, 5.74) is 6.12. The molecule has 0 aliphatic carbocycles. The van der Waals surface area contributed by atoms with E-state index < -0.39 is 4.92 Å². The van der Waals surface area contributed by atoms with Crippen molar-refractivity contribution in [2.75, 3.05) is 6.54 Å². The van der Waals surface area contributed by atoms with Gasteiger partial charge in [0.2, 0.25) is 0 Å². The fraction of sp³-hybridized carbons (Fsp3) is 0.167. The number of hydrogen-bond acceptors (Lipinski definition) is 5. The van der Waals surface area contributed by atoms with Crippen molar-refractivity contribution in [1.29, 1.82) is 0 Å². The van der Waals surface area contributed by atoms with Gasteiger partial charge >= 0.3 is 0 Å². The van der Waals surface area contributed by atoms with Gasteiger partial charge < -0.3 is 10.7 Å². The van der Waals surface area contributed by atoms with E-state index in [0.29, 0.717) is 30.0 Å². The molecule has 1 aromatic carbocycles. The number of nitrogens with one attached hydrogen (secondary N) is 1. The van der Waals surface area contributed by atoms with Crippen LogP contribution < -0.4 is 11.3 Å². The molecule has 0 spiro atoms. The number of benzene rings is 1. The summed E-state index contributed by atoms with van der Waals surface area (Å²) in [6.45, 7) is 0.380. The molecule has 1 heterocycles. The number of nitro benzene ring substituents is 1. The monoisotopic (exact) mass is 260 g/mol. The second-order valence-corrected chi connectivity index (χ2v) is 3.93. The van der Waals surface area contributed by atoms with Crippen LogP contribution in [0, 0.1) is 10.1 Å². The van der Waals surface area contributed by atoms with Gasteiger partial charge in [-0.2, -0.15) is 0 Å². The zero-order valence-corrected chi connectivity index (χ0v) is 10.00. The Balaban J connectivity index is 2.49. The van der Waals surface area contributed by atoms with Gasteiger partial charge in [0.1, 0.15) is 5.82 Å². The average molecular weight is 260 g/mol. The van der Waals surface area contributed by atoms with E-state index in [0.717, 1.165) is 0 Å². The Labute approximate surface area is 108 Å².